The van der Waals surface area contributed by atoms with Crippen LogP contribution < -0.4 is 10.7 Å². The van der Waals surface area contributed by atoms with Crippen LogP contribution in [0.15, 0.2) is 58.4 Å². The van der Waals surface area contributed by atoms with E-state index in [1.807, 2.05) is 36.4 Å². The summed E-state index contributed by atoms with van der Waals surface area (Å²) in [4.78, 5) is 3.99. The number of hydrogen-bond donors (Lipinski definition) is 2. The van der Waals surface area contributed by atoms with Crippen LogP contribution in [0.4, 0.5) is 5.69 Å². The first-order chi connectivity index (χ1) is 9.24. The Labute approximate surface area is 125 Å². The average molecular weight is 335 g/mol. The van der Waals surface area contributed by atoms with Crippen molar-refractivity contribution in [3.05, 3.63) is 58.8 Å². The molecule has 0 saturated heterocycles. The molecule has 0 aliphatic carbocycles. The summed E-state index contributed by atoms with van der Waals surface area (Å²) in [6.45, 7) is 0. The lowest BCUT2D eigenvalue weighted by atomic mass is 10.3. The highest BCUT2D eigenvalue weighted by atomic mass is 79.9. The molecule has 2 N–H and O–H groups in total. The highest BCUT2D eigenvalue weighted by Crippen LogP contribution is 2.15. The van der Waals surface area contributed by atoms with Gasteiger partial charge >= 0.3 is 0 Å². The predicted octanol–water partition coefficient (Wildman–Crippen LogP) is 3.16. The van der Waals surface area contributed by atoms with Crippen molar-refractivity contribution in [3.63, 3.8) is 0 Å². The lowest BCUT2D eigenvalue weighted by molar-refractivity contribution is 1.05. The van der Waals surface area contributed by atoms with Crippen molar-refractivity contribution in [2.24, 2.45) is 5.10 Å². The number of aromatic nitrogens is 1. The quantitative estimate of drug-likeness (QED) is 0.514. The summed E-state index contributed by atoms with van der Waals surface area (Å²) in [6.07, 6.45) is 5.09. The maximum atomic E-state index is 5.13. The van der Waals surface area contributed by atoms with Crippen LogP contribution in [0.25, 0.3) is 0 Å². The number of anilines is 1. The van der Waals surface area contributed by atoms with E-state index in [0.717, 1.165) is 15.7 Å². The number of hydrogen-bond acceptors (Lipinski definition) is 3. The van der Waals surface area contributed by atoms with Crippen LogP contribution in [0, 0.1) is 0 Å². The molecular formula is C13H11BrN4S. The molecule has 0 aliphatic heterocycles. The fourth-order valence-electron chi connectivity index (χ4n) is 1.34. The Morgan fingerprint density at radius 2 is 2.21 bits per heavy atom. The van der Waals surface area contributed by atoms with E-state index in [1.54, 1.807) is 18.6 Å². The molecule has 1 aromatic heterocycles. The molecule has 0 fully saturated rings. The first kappa shape index (κ1) is 13.6. The van der Waals surface area contributed by atoms with Gasteiger partial charge in [-0.2, -0.15) is 5.10 Å². The van der Waals surface area contributed by atoms with Crippen molar-refractivity contribution in [3.8, 4) is 0 Å². The molecule has 1 heterocycles. The van der Waals surface area contributed by atoms with E-state index in [-0.39, 0.29) is 0 Å². The number of thiocarbonyl (C=S) groups is 1. The smallest absolute Gasteiger partial charge is 0.191 e. The van der Waals surface area contributed by atoms with Crippen LogP contribution >= 0.6 is 28.1 Å². The average Bonchev–Trinajstić information content (AvgIpc) is 2.40. The van der Waals surface area contributed by atoms with Crippen molar-refractivity contribution >= 4 is 45.2 Å². The van der Waals surface area contributed by atoms with Crippen LogP contribution in [0.5, 0.6) is 0 Å². The molecular weight excluding hydrogens is 324 g/mol. The molecule has 0 spiro atoms. The Balaban J connectivity index is 1.87. The zero-order chi connectivity index (χ0) is 13.5. The van der Waals surface area contributed by atoms with Crippen molar-refractivity contribution in [2.45, 2.75) is 0 Å². The van der Waals surface area contributed by atoms with E-state index in [0.29, 0.717) is 5.11 Å². The third-order valence-corrected chi connectivity index (χ3v) is 2.83. The number of halogens is 1. The lowest BCUT2D eigenvalue weighted by Crippen LogP contribution is -2.23. The number of nitrogens with one attached hydrogen (secondary N) is 2. The third-order valence-electron chi connectivity index (χ3n) is 2.15. The van der Waals surface area contributed by atoms with Gasteiger partial charge in [-0.1, -0.05) is 28.1 Å². The van der Waals surface area contributed by atoms with Gasteiger partial charge in [0, 0.05) is 28.1 Å². The Morgan fingerprint density at radius 3 is 2.95 bits per heavy atom. The Bertz CT molecular complexity index is 586. The SMILES string of the molecule is S=C(N/N=C\c1cccnc1)Nc1cccc(Br)c1. The molecule has 0 atom stereocenters. The summed E-state index contributed by atoms with van der Waals surface area (Å²) in [6, 6.07) is 11.5. The largest absolute Gasteiger partial charge is 0.331 e. The normalized spacial score (nSPS) is 10.4. The van der Waals surface area contributed by atoms with Crippen molar-refractivity contribution in [1.82, 2.24) is 10.4 Å². The van der Waals surface area contributed by atoms with E-state index in [9.17, 15) is 0 Å². The van der Waals surface area contributed by atoms with Crippen LogP contribution in [-0.4, -0.2) is 16.3 Å². The Kier molecular flexibility index (Phi) is 5.00. The lowest BCUT2D eigenvalue weighted by Gasteiger charge is -2.06. The van der Waals surface area contributed by atoms with Gasteiger partial charge in [0.05, 0.1) is 6.21 Å². The van der Waals surface area contributed by atoms with Gasteiger partial charge in [-0.05, 0) is 36.5 Å². The van der Waals surface area contributed by atoms with Crippen molar-refractivity contribution in [2.75, 3.05) is 5.32 Å². The Hall–Kier alpha value is -1.79. The second kappa shape index (κ2) is 6.96. The number of nitrogens with zero attached hydrogens (tertiary/aromatic N) is 2. The maximum absolute atomic E-state index is 5.13. The molecule has 2 rings (SSSR count). The van der Waals surface area contributed by atoms with E-state index in [1.165, 1.54) is 0 Å². The minimum absolute atomic E-state index is 0.429. The summed E-state index contributed by atoms with van der Waals surface area (Å²) in [5, 5.41) is 7.49. The van der Waals surface area contributed by atoms with Gasteiger partial charge in [-0.3, -0.25) is 10.4 Å². The fourth-order valence-corrected chi connectivity index (χ4v) is 1.91. The second-order valence-corrected chi connectivity index (χ2v) is 4.94. The molecule has 0 bridgehead atoms. The van der Waals surface area contributed by atoms with Crippen LogP contribution in [0.2, 0.25) is 0 Å². The summed E-state index contributed by atoms with van der Waals surface area (Å²) < 4.78 is 0.985. The summed E-state index contributed by atoms with van der Waals surface area (Å²) >= 11 is 8.52. The maximum Gasteiger partial charge on any atom is 0.191 e. The number of benzene rings is 1. The number of hydrazone groups is 1. The molecule has 0 amide bonds. The van der Waals surface area contributed by atoms with Crippen molar-refractivity contribution in [1.29, 1.82) is 0 Å². The minimum Gasteiger partial charge on any atom is -0.331 e. The van der Waals surface area contributed by atoms with E-state index < -0.39 is 0 Å². The molecule has 0 aliphatic rings. The monoisotopic (exact) mass is 334 g/mol. The van der Waals surface area contributed by atoms with E-state index in [2.05, 4.69) is 36.8 Å². The second-order valence-electron chi connectivity index (χ2n) is 3.62. The molecule has 96 valence electrons. The van der Waals surface area contributed by atoms with E-state index in [4.69, 9.17) is 12.2 Å². The van der Waals surface area contributed by atoms with Gasteiger partial charge in [-0.15, -0.1) is 0 Å². The van der Waals surface area contributed by atoms with Gasteiger partial charge in [0.15, 0.2) is 5.11 Å². The van der Waals surface area contributed by atoms with Gasteiger partial charge in [-0.25, -0.2) is 0 Å². The minimum atomic E-state index is 0.429. The zero-order valence-electron chi connectivity index (χ0n) is 9.88. The fraction of sp³-hybridized carbons (Fsp3) is 0. The molecule has 1 aromatic carbocycles. The molecule has 2 aromatic rings. The topological polar surface area (TPSA) is 49.3 Å². The van der Waals surface area contributed by atoms with Crippen LogP contribution in [-0.2, 0) is 0 Å². The summed E-state index contributed by atoms with van der Waals surface area (Å²) in [7, 11) is 0. The van der Waals surface area contributed by atoms with Gasteiger partial charge in [0.1, 0.15) is 0 Å². The highest BCUT2D eigenvalue weighted by Gasteiger charge is 1.96. The molecule has 4 nitrogen and oxygen atoms in total. The summed E-state index contributed by atoms with van der Waals surface area (Å²) in [5.74, 6) is 0. The van der Waals surface area contributed by atoms with Gasteiger partial charge in [0.25, 0.3) is 0 Å². The van der Waals surface area contributed by atoms with Gasteiger partial charge in [0.2, 0.25) is 0 Å². The first-order valence-corrected chi connectivity index (χ1v) is 6.70. The highest BCUT2D eigenvalue weighted by molar-refractivity contribution is 9.10. The standard InChI is InChI=1S/C13H11BrN4S/c14-11-4-1-5-12(7-11)17-13(19)18-16-9-10-3-2-6-15-8-10/h1-9H,(H2,17,18,19)/b16-9-. The molecule has 19 heavy (non-hydrogen) atoms. The predicted molar refractivity (Wildman–Crippen MR) is 85.3 cm³/mol. The van der Waals surface area contributed by atoms with Gasteiger partial charge < -0.3 is 5.32 Å². The summed E-state index contributed by atoms with van der Waals surface area (Å²) in [5.41, 5.74) is 4.54. The van der Waals surface area contributed by atoms with E-state index >= 15 is 0 Å². The molecule has 6 heteroatoms. The number of pyridine rings is 1. The van der Waals surface area contributed by atoms with Crippen LogP contribution in [0.3, 0.4) is 0 Å². The first-order valence-electron chi connectivity index (χ1n) is 5.50. The van der Waals surface area contributed by atoms with Crippen LogP contribution in [0.1, 0.15) is 5.56 Å². The third kappa shape index (κ3) is 4.76. The zero-order valence-corrected chi connectivity index (χ0v) is 12.3. The molecule has 0 radical (unpaired) electrons. The molecule has 0 saturated carbocycles. The Morgan fingerprint density at radius 1 is 1.32 bits per heavy atom. The number of rotatable bonds is 3. The molecule has 0 unspecified atom stereocenters. The van der Waals surface area contributed by atoms with Crippen molar-refractivity contribution < 1.29 is 0 Å².